The van der Waals surface area contributed by atoms with Crippen LogP contribution in [-0.4, -0.2) is 12.5 Å². The largest absolute Gasteiger partial charge is 0.367 e. The van der Waals surface area contributed by atoms with Gasteiger partial charge in [-0.2, -0.15) is 0 Å². The molecule has 0 radical (unpaired) electrons. The molecule has 1 aromatic rings. The molecule has 1 aliphatic rings. The molecule has 62 valence electrons. The second kappa shape index (κ2) is 2.32. The standard InChI is InChI=1S/C9H9NO2/c10-8(11)9(6-12-9)7-4-2-1-3-5-7/h1-5H,6H2,(H2,10,11). The highest BCUT2D eigenvalue weighted by atomic mass is 16.6. The summed E-state index contributed by atoms with van der Waals surface area (Å²) in [5.41, 5.74) is 5.23. The quantitative estimate of drug-likeness (QED) is 0.641. The zero-order valence-corrected chi connectivity index (χ0v) is 6.49. The molecular weight excluding hydrogens is 154 g/mol. The molecule has 3 nitrogen and oxygen atoms in total. The monoisotopic (exact) mass is 163 g/mol. The Balaban J connectivity index is 2.37. The van der Waals surface area contributed by atoms with E-state index in [0.717, 1.165) is 5.56 Å². The van der Waals surface area contributed by atoms with Gasteiger partial charge in [0.15, 0.2) is 5.60 Å². The van der Waals surface area contributed by atoms with Crippen molar-refractivity contribution in [1.82, 2.24) is 0 Å². The van der Waals surface area contributed by atoms with Crippen LogP contribution in [0.25, 0.3) is 0 Å². The van der Waals surface area contributed by atoms with Crippen LogP contribution in [-0.2, 0) is 15.1 Å². The summed E-state index contributed by atoms with van der Waals surface area (Å²) in [6.07, 6.45) is 0. The van der Waals surface area contributed by atoms with E-state index in [0.29, 0.717) is 6.61 Å². The van der Waals surface area contributed by atoms with Crippen LogP contribution in [0.5, 0.6) is 0 Å². The number of primary amides is 1. The summed E-state index contributed by atoms with van der Waals surface area (Å²) in [7, 11) is 0. The second-order valence-corrected chi connectivity index (χ2v) is 2.85. The third kappa shape index (κ3) is 0.905. The summed E-state index contributed by atoms with van der Waals surface area (Å²) in [4.78, 5) is 11.0. The number of nitrogens with two attached hydrogens (primary N) is 1. The maximum Gasteiger partial charge on any atom is 0.256 e. The van der Waals surface area contributed by atoms with Crippen LogP contribution in [0, 0.1) is 0 Å². The van der Waals surface area contributed by atoms with Gasteiger partial charge in [-0.25, -0.2) is 0 Å². The van der Waals surface area contributed by atoms with E-state index >= 15 is 0 Å². The fourth-order valence-electron chi connectivity index (χ4n) is 1.23. The van der Waals surface area contributed by atoms with Gasteiger partial charge in [0.25, 0.3) is 5.91 Å². The number of carbonyl (C=O) groups is 1. The molecule has 1 heterocycles. The minimum absolute atomic E-state index is 0.409. The van der Waals surface area contributed by atoms with Crippen molar-refractivity contribution in [3.05, 3.63) is 35.9 Å². The van der Waals surface area contributed by atoms with Crippen LogP contribution < -0.4 is 5.73 Å². The number of hydrogen-bond acceptors (Lipinski definition) is 2. The van der Waals surface area contributed by atoms with Crippen molar-refractivity contribution >= 4 is 5.91 Å². The Hall–Kier alpha value is -1.35. The minimum atomic E-state index is -0.818. The molecule has 0 aromatic heterocycles. The van der Waals surface area contributed by atoms with Gasteiger partial charge in [0.1, 0.15) is 0 Å². The Kier molecular flexibility index (Phi) is 1.41. The van der Waals surface area contributed by atoms with E-state index in [-0.39, 0.29) is 0 Å². The Bertz CT molecular complexity index is 304. The fourth-order valence-corrected chi connectivity index (χ4v) is 1.23. The maximum atomic E-state index is 11.0. The lowest BCUT2D eigenvalue weighted by molar-refractivity contribution is -0.123. The SMILES string of the molecule is NC(=O)C1(c2ccccc2)CO1. The summed E-state index contributed by atoms with van der Waals surface area (Å²) in [5.74, 6) is -0.409. The molecule has 0 saturated carbocycles. The Morgan fingerprint density at radius 1 is 1.42 bits per heavy atom. The highest BCUT2D eigenvalue weighted by Gasteiger charge is 2.52. The van der Waals surface area contributed by atoms with Crippen molar-refractivity contribution in [2.45, 2.75) is 5.60 Å². The van der Waals surface area contributed by atoms with E-state index in [1.165, 1.54) is 0 Å². The van der Waals surface area contributed by atoms with Gasteiger partial charge in [-0.05, 0) is 5.56 Å². The number of amides is 1. The average Bonchev–Trinajstić information content (AvgIpc) is 2.86. The number of carbonyl (C=O) groups excluding carboxylic acids is 1. The van der Waals surface area contributed by atoms with Crippen molar-refractivity contribution in [3.8, 4) is 0 Å². The molecule has 1 atom stereocenters. The van der Waals surface area contributed by atoms with Gasteiger partial charge in [0.2, 0.25) is 0 Å². The number of benzene rings is 1. The van der Waals surface area contributed by atoms with Gasteiger partial charge in [0, 0.05) is 0 Å². The molecule has 1 fully saturated rings. The molecule has 1 saturated heterocycles. The van der Waals surface area contributed by atoms with Gasteiger partial charge in [-0.1, -0.05) is 30.3 Å². The zero-order valence-electron chi connectivity index (χ0n) is 6.49. The predicted octanol–water partition coefficient (Wildman–Crippen LogP) is 0.397. The summed E-state index contributed by atoms with van der Waals surface area (Å²) in [6, 6.07) is 9.31. The lowest BCUT2D eigenvalue weighted by Gasteiger charge is -2.06. The Morgan fingerprint density at radius 2 is 2.00 bits per heavy atom. The molecule has 1 amide bonds. The molecule has 1 unspecified atom stereocenters. The molecule has 0 bridgehead atoms. The van der Waals surface area contributed by atoms with Crippen molar-refractivity contribution in [1.29, 1.82) is 0 Å². The number of ether oxygens (including phenoxy) is 1. The van der Waals surface area contributed by atoms with Crippen molar-refractivity contribution in [2.24, 2.45) is 5.73 Å². The summed E-state index contributed by atoms with van der Waals surface area (Å²) in [5, 5.41) is 0. The lowest BCUT2D eigenvalue weighted by Crippen LogP contribution is -2.29. The third-order valence-corrected chi connectivity index (χ3v) is 2.07. The molecule has 2 N–H and O–H groups in total. The van der Waals surface area contributed by atoms with Gasteiger partial charge in [0.05, 0.1) is 6.61 Å². The van der Waals surface area contributed by atoms with E-state index in [9.17, 15) is 4.79 Å². The van der Waals surface area contributed by atoms with Crippen LogP contribution in [0.2, 0.25) is 0 Å². The number of hydrogen-bond donors (Lipinski definition) is 1. The predicted molar refractivity (Wildman–Crippen MR) is 43.3 cm³/mol. The van der Waals surface area contributed by atoms with Crippen LogP contribution in [0.4, 0.5) is 0 Å². The van der Waals surface area contributed by atoms with E-state index in [2.05, 4.69) is 0 Å². The first-order chi connectivity index (χ1) is 5.76. The lowest BCUT2D eigenvalue weighted by atomic mass is 10.00. The smallest absolute Gasteiger partial charge is 0.256 e. The highest BCUT2D eigenvalue weighted by molar-refractivity contribution is 5.87. The van der Waals surface area contributed by atoms with Gasteiger partial charge >= 0.3 is 0 Å². The molecule has 2 rings (SSSR count). The van der Waals surface area contributed by atoms with Crippen molar-refractivity contribution < 1.29 is 9.53 Å². The first-order valence-electron chi connectivity index (χ1n) is 3.75. The summed E-state index contributed by atoms with van der Waals surface area (Å²) >= 11 is 0. The minimum Gasteiger partial charge on any atom is -0.367 e. The van der Waals surface area contributed by atoms with Gasteiger partial charge in [-0.15, -0.1) is 0 Å². The molecule has 12 heavy (non-hydrogen) atoms. The Labute approximate surface area is 70.1 Å². The third-order valence-electron chi connectivity index (χ3n) is 2.07. The van der Waals surface area contributed by atoms with Crippen LogP contribution in [0.15, 0.2) is 30.3 Å². The Morgan fingerprint density at radius 3 is 2.42 bits per heavy atom. The number of epoxide rings is 1. The molecule has 0 spiro atoms. The van der Waals surface area contributed by atoms with Crippen molar-refractivity contribution in [2.75, 3.05) is 6.61 Å². The topological polar surface area (TPSA) is 55.6 Å². The average molecular weight is 163 g/mol. The van der Waals surface area contributed by atoms with Crippen LogP contribution >= 0.6 is 0 Å². The molecule has 1 aliphatic heterocycles. The van der Waals surface area contributed by atoms with Crippen LogP contribution in [0.1, 0.15) is 5.56 Å². The molecular formula is C9H9NO2. The molecule has 0 aliphatic carbocycles. The van der Waals surface area contributed by atoms with Gasteiger partial charge in [-0.3, -0.25) is 4.79 Å². The fraction of sp³-hybridized carbons (Fsp3) is 0.222. The normalized spacial score (nSPS) is 26.7. The van der Waals surface area contributed by atoms with E-state index in [1.54, 1.807) is 0 Å². The molecule has 3 heteroatoms. The first kappa shape index (κ1) is 7.31. The molecule has 1 aromatic carbocycles. The van der Waals surface area contributed by atoms with Crippen LogP contribution in [0.3, 0.4) is 0 Å². The van der Waals surface area contributed by atoms with Gasteiger partial charge < -0.3 is 10.5 Å². The van der Waals surface area contributed by atoms with Crippen molar-refractivity contribution in [3.63, 3.8) is 0 Å². The summed E-state index contributed by atoms with van der Waals surface area (Å²) < 4.78 is 5.07. The summed E-state index contributed by atoms with van der Waals surface area (Å²) in [6.45, 7) is 0.409. The maximum absolute atomic E-state index is 11.0. The van der Waals surface area contributed by atoms with E-state index < -0.39 is 11.5 Å². The van der Waals surface area contributed by atoms with E-state index in [4.69, 9.17) is 10.5 Å². The highest BCUT2D eigenvalue weighted by Crippen LogP contribution is 2.37. The zero-order chi connectivity index (χ0) is 8.60. The second-order valence-electron chi connectivity index (χ2n) is 2.85. The first-order valence-corrected chi connectivity index (χ1v) is 3.75. The van der Waals surface area contributed by atoms with E-state index in [1.807, 2.05) is 30.3 Å². The number of rotatable bonds is 2.